The molecule has 0 unspecified atom stereocenters. The summed E-state index contributed by atoms with van der Waals surface area (Å²) >= 11 is 0. The zero-order chi connectivity index (χ0) is 10.2. The van der Waals surface area contributed by atoms with Crippen LogP contribution < -0.4 is 4.74 Å². The highest BCUT2D eigenvalue weighted by atomic mass is 16.5. The maximum Gasteiger partial charge on any atom is 0.119 e. The number of hydrogen-bond donors (Lipinski definition) is 0. The van der Waals surface area contributed by atoms with Crippen LogP contribution in [-0.2, 0) is 6.42 Å². The third-order valence-corrected chi connectivity index (χ3v) is 2.03. The fourth-order valence-corrected chi connectivity index (χ4v) is 1.16. The first kappa shape index (κ1) is 10.6. The predicted molar refractivity (Wildman–Crippen MR) is 56.2 cm³/mol. The Bertz CT molecular complexity index is 297. The van der Waals surface area contributed by atoms with E-state index in [1.165, 1.54) is 5.56 Å². The van der Waals surface area contributed by atoms with E-state index in [9.17, 15) is 0 Å². The second-order valence-corrected chi connectivity index (χ2v) is 3.11. The molecule has 0 bridgehead atoms. The topological polar surface area (TPSA) is 33.0 Å². The monoisotopic (exact) mass is 189 g/mol. The lowest BCUT2D eigenvalue weighted by Crippen LogP contribution is -1.96. The Balaban J connectivity index is 2.33. The quantitative estimate of drug-likeness (QED) is 0.667. The molecule has 0 atom stereocenters. The van der Waals surface area contributed by atoms with E-state index in [1.807, 2.05) is 12.1 Å². The number of ether oxygens (including phenoxy) is 1. The number of nitriles is 1. The molecular formula is C12H15NO. The normalized spacial score (nSPS) is 9.43. The van der Waals surface area contributed by atoms with Crippen LogP contribution in [0.3, 0.4) is 0 Å². The molecule has 74 valence electrons. The molecule has 0 saturated heterocycles. The zero-order valence-corrected chi connectivity index (χ0v) is 8.49. The van der Waals surface area contributed by atoms with Gasteiger partial charge in [-0.2, -0.15) is 5.26 Å². The van der Waals surface area contributed by atoms with Crippen molar-refractivity contribution in [3.8, 4) is 11.8 Å². The van der Waals surface area contributed by atoms with Crippen LogP contribution >= 0.6 is 0 Å². The van der Waals surface area contributed by atoms with Crippen LogP contribution in [0.25, 0.3) is 0 Å². The van der Waals surface area contributed by atoms with Crippen LogP contribution in [-0.4, -0.2) is 6.61 Å². The molecule has 0 aromatic heterocycles. The van der Waals surface area contributed by atoms with Gasteiger partial charge < -0.3 is 4.74 Å². The lowest BCUT2D eigenvalue weighted by Gasteiger charge is -2.04. The van der Waals surface area contributed by atoms with Crippen molar-refractivity contribution in [1.82, 2.24) is 0 Å². The summed E-state index contributed by atoms with van der Waals surface area (Å²) in [6, 6.07) is 10.2. The van der Waals surface area contributed by atoms with Crippen molar-refractivity contribution in [2.45, 2.75) is 26.2 Å². The minimum atomic E-state index is 0.563. The van der Waals surface area contributed by atoms with E-state index in [0.717, 1.165) is 18.6 Å². The second-order valence-electron chi connectivity index (χ2n) is 3.11. The number of unbranched alkanes of at least 4 members (excludes halogenated alkanes) is 1. The van der Waals surface area contributed by atoms with Gasteiger partial charge in [0.05, 0.1) is 12.7 Å². The van der Waals surface area contributed by atoms with Crippen molar-refractivity contribution in [3.63, 3.8) is 0 Å². The molecule has 0 aliphatic carbocycles. The number of benzene rings is 1. The average Bonchev–Trinajstić information content (AvgIpc) is 2.25. The van der Waals surface area contributed by atoms with Gasteiger partial charge in [0.2, 0.25) is 0 Å². The van der Waals surface area contributed by atoms with Crippen LogP contribution in [0, 0.1) is 11.3 Å². The van der Waals surface area contributed by atoms with Crippen molar-refractivity contribution in [3.05, 3.63) is 29.8 Å². The number of aryl methyl sites for hydroxylation is 1. The van der Waals surface area contributed by atoms with Gasteiger partial charge in [0.15, 0.2) is 0 Å². The highest BCUT2D eigenvalue weighted by molar-refractivity contribution is 5.27. The molecule has 0 N–H and O–H groups in total. The summed E-state index contributed by atoms with van der Waals surface area (Å²) < 4.78 is 5.46. The van der Waals surface area contributed by atoms with Gasteiger partial charge in [0, 0.05) is 6.42 Å². The largest absolute Gasteiger partial charge is 0.494 e. The molecule has 0 saturated carbocycles. The van der Waals surface area contributed by atoms with E-state index in [0.29, 0.717) is 13.0 Å². The van der Waals surface area contributed by atoms with Crippen molar-refractivity contribution in [2.24, 2.45) is 0 Å². The van der Waals surface area contributed by atoms with Gasteiger partial charge in [0.1, 0.15) is 5.75 Å². The molecule has 0 fully saturated rings. The Morgan fingerprint density at radius 2 is 2.00 bits per heavy atom. The van der Waals surface area contributed by atoms with E-state index in [2.05, 4.69) is 25.1 Å². The summed E-state index contributed by atoms with van der Waals surface area (Å²) in [6.45, 7) is 2.75. The van der Waals surface area contributed by atoms with Crippen molar-refractivity contribution < 1.29 is 4.74 Å². The maximum absolute atomic E-state index is 8.33. The minimum Gasteiger partial charge on any atom is -0.494 e. The summed E-state index contributed by atoms with van der Waals surface area (Å²) in [5.74, 6) is 0.889. The SMILES string of the molecule is CCc1ccc(OCCCC#N)cc1. The first-order valence-electron chi connectivity index (χ1n) is 4.95. The van der Waals surface area contributed by atoms with Crippen molar-refractivity contribution in [1.29, 1.82) is 5.26 Å². The molecule has 1 aromatic rings. The molecule has 0 aliphatic rings. The smallest absolute Gasteiger partial charge is 0.119 e. The fraction of sp³-hybridized carbons (Fsp3) is 0.417. The van der Waals surface area contributed by atoms with E-state index in [1.54, 1.807) is 0 Å². The number of rotatable bonds is 5. The summed E-state index contributed by atoms with van der Waals surface area (Å²) in [7, 11) is 0. The van der Waals surface area contributed by atoms with Crippen molar-refractivity contribution >= 4 is 0 Å². The number of hydrogen-bond acceptors (Lipinski definition) is 2. The van der Waals surface area contributed by atoms with Crippen LogP contribution in [0.2, 0.25) is 0 Å². The molecule has 1 aromatic carbocycles. The molecule has 2 nitrogen and oxygen atoms in total. The molecule has 0 radical (unpaired) electrons. The lowest BCUT2D eigenvalue weighted by molar-refractivity contribution is 0.312. The third kappa shape index (κ3) is 3.49. The first-order chi connectivity index (χ1) is 6.86. The van der Waals surface area contributed by atoms with E-state index in [-0.39, 0.29) is 0 Å². The molecule has 1 rings (SSSR count). The molecule has 0 aliphatic heterocycles. The fourth-order valence-electron chi connectivity index (χ4n) is 1.16. The highest BCUT2D eigenvalue weighted by Crippen LogP contribution is 2.12. The van der Waals surface area contributed by atoms with Crippen LogP contribution in [0.15, 0.2) is 24.3 Å². The van der Waals surface area contributed by atoms with Gasteiger partial charge >= 0.3 is 0 Å². The summed E-state index contributed by atoms with van der Waals surface area (Å²) in [4.78, 5) is 0. The summed E-state index contributed by atoms with van der Waals surface area (Å²) in [5, 5.41) is 8.33. The van der Waals surface area contributed by atoms with Crippen LogP contribution in [0.1, 0.15) is 25.3 Å². The van der Waals surface area contributed by atoms with E-state index >= 15 is 0 Å². The molecule has 0 spiro atoms. The lowest BCUT2D eigenvalue weighted by atomic mass is 10.2. The van der Waals surface area contributed by atoms with E-state index < -0.39 is 0 Å². The molecule has 14 heavy (non-hydrogen) atoms. The molecular weight excluding hydrogens is 174 g/mol. The second kappa shape index (κ2) is 6.04. The minimum absolute atomic E-state index is 0.563. The Kier molecular flexibility index (Phi) is 4.57. The van der Waals surface area contributed by atoms with Gasteiger partial charge in [0.25, 0.3) is 0 Å². The predicted octanol–water partition coefficient (Wildman–Crippen LogP) is 2.93. The van der Waals surface area contributed by atoms with Crippen LogP contribution in [0.5, 0.6) is 5.75 Å². The average molecular weight is 189 g/mol. The van der Waals surface area contributed by atoms with Gasteiger partial charge in [-0.05, 0) is 30.5 Å². The Hall–Kier alpha value is -1.49. The molecule has 0 heterocycles. The van der Waals surface area contributed by atoms with E-state index in [4.69, 9.17) is 10.00 Å². The Morgan fingerprint density at radius 3 is 2.57 bits per heavy atom. The third-order valence-electron chi connectivity index (χ3n) is 2.03. The van der Waals surface area contributed by atoms with Gasteiger partial charge in [-0.15, -0.1) is 0 Å². The summed E-state index contributed by atoms with van der Waals surface area (Å²) in [6.07, 6.45) is 2.41. The number of nitrogens with zero attached hydrogens (tertiary/aromatic N) is 1. The highest BCUT2D eigenvalue weighted by Gasteiger charge is 1.93. The first-order valence-corrected chi connectivity index (χ1v) is 4.95. The molecule has 0 amide bonds. The van der Waals surface area contributed by atoms with Gasteiger partial charge in [-0.3, -0.25) is 0 Å². The maximum atomic E-state index is 8.33. The standard InChI is InChI=1S/C12H15NO/c1-2-11-5-7-12(8-6-11)14-10-4-3-9-13/h5-8H,2-4,10H2,1H3. The van der Waals surface area contributed by atoms with Crippen LogP contribution in [0.4, 0.5) is 0 Å². The van der Waals surface area contributed by atoms with Crippen molar-refractivity contribution in [2.75, 3.05) is 6.61 Å². The zero-order valence-electron chi connectivity index (χ0n) is 8.49. The van der Waals surface area contributed by atoms with Gasteiger partial charge in [-0.25, -0.2) is 0 Å². The molecule has 2 heteroatoms. The Morgan fingerprint density at radius 1 is 1.29 bits per heavy atom. The van der Waals surface area contributed by atoms with Gasteiger partial charge in [-0.1, -0.05) is 19.1 Å². The summed E-state index contributed by atoms with van der Waals surface area (Å²) in [5.41, 5.74) is 1.31. The Labute approximate surface area is 85.1 Å².